The van der Waals surface area contributed by atoms with E-state index in [-0.39, 0.29) is 5.78 Å². The van der Waals surface area contributed by atoms with Gasteiger partial charge >= 0.3 is 0 Å². The van der Waals surface area contributed by atoms with E-state index in [0.29, 0.717) is 6.54 Å². The van der Waals surface area contributed by atoms with Crippen LogP contribution in [0.2, 0.25) is 0 Å². The predicted molar refractivity (Wildman–Crippen MR) is 82.2 cm³/mol. The summed E-state index contributed by atoms with van der Waals surface area (Å²) in [5.41, 5.74) is 2.66. The molecule has 0 amide bonds. The van der Waals surface area contributed by atoms with Gasteiger partial charge in [-0.15, -0.1) is 0 Å². The third-order valence-electron chi connectivity index (χ3n) is 3.60. The molecule has 0 aliphatic carbocycles. The van der Waals surface area contributed by atoms with E-state index in [4.69, 9.17) is 0 Å². The van der Waals surface area contributed by atoms with Gasteiger partial charge in [0, 0.05) is 12.0 Å². The first-order valence-corrected chi connectivity index (χ1v) is 7.42. The Hall–Kier alpha value is -1.68. The van der Waals surface area contributed by atoms with E-state index in [0.717, 1.165) is 48.4 Å². The lowest BCUT2D eigenvalue weighted by molar-refractivity contribution is 0.0937. The minimum absolute atomic E-state index is 0.169. The predicted octanol–water partition coefficient (Wildman–Crippen LogP) is 3.04. The van der Waals surface area contributed by atoms with E-state index in [1.807, 2.05) is 18.2 Å². The number of benzene rings is 1. The summed E-state index contributed by atoms with van der Waals surface area (Å²) in [6.07, 6.45) is 2.00. The van der Waals surface area contributed by atoms with Crippen LogP contribution < -0.4 is 0 Å². The number of carbonyl (C=O) groups is 1. The lowest BCUT2D eigenvalue weighted by atomic mass is 10.1. The molecular weight excluding hydrogens is 250 g/mol. The van der Waals surface area contributed by atoms with Gasteiger partial charge in [0.05, 0.1) is 17.6 Å². The number of Topliss-reactive ketones (excluding diaryl/α,β-unsaturated/α-hetero) is 1. The summed E-state index contributed by atoms with van der Waals surface area (Å²) >= 11 is 0. The molecule has 108 valence electrons. The molecule has 2 rings (SSSR count). The van der Waals surface area contributed by atoms with Crippen LogP contribution in [0.25, 0.3) is 11.0 Å². The Kier molecular flexibility index (Phi) is 4.90. The zero-order chi connectivity index (χ0) is 14.5. The van der Waals surface area contributed by atoms with Crippen molar-refractivity contribution in [3.63, 3.8) is 0 Å². The highest BCUT2D eigenvalue weighted by Gasteiger charge is 2.11. The van der Waals surface area contributed by atoms with Gasteiger partial charge in [-0.2, -0.15) is 0 Å². The Labute approximate surface area is 120 Å². The van der Waals surface area contributed by atoms with Gasteiger partial charge in [0.15, 0.2) is 5.78 Å². The number of imidazole rings is 1. The van der Waals surface area contributed by atoms with E-state index in [1.165, 1.54) is 0 Å². The van der Waals surface area contributed by atoms with Crippen molar-refractivity contribution in [1.29, 1.82) is 0 Å². The zero-order valence-corrected chi connectivity index (χ0v) is 12.6. The number of fused-ring (bicyclic) bond motifs is 1. The number of aromatic amines is 1. The highest BCUT2D eigenvalue weighted by molar-refractivity contribution is 6.00. The van der Waals surface area contributed by atoms with Crippen LogP contribution in [-0.4, -0.2) is 40.3 Å². The third-order valence-corrected chi connectivity index (χ3v) is 3.60. The largest absolute Gasteiger partial charge is 0.342 e. The first kappa shape index (κ1) is 14.7. The SMILES string of the molecule is CCCc1nc2ccc(C(=O)CN(CC)CC)cc2[nH]1. The van der Waals surface area contributed by atoms with Crippen molar-refractivity contribution in [2.24, 2.45) is 0 Å². The highest BCUT2D eigenvalue weighted by Crippen LogP contribution is 2.15. The maximum absolute atomic E-state index is 12.3. The molecule has 0 bridgehead atoms. The summed E-state index contributed by atoms with van der Waals surface area (Å²) in [5.74, 6) is 1.16. The van der Waals surface area contributed by atoms with E-state index in [1.54, 1.807) is 0 Å². The summed E-state index contributed by atoms with van der Waals surface area (Å²) in [7, 11) is 0. The Bertz CT molecular complexity index is 584. The van der Waals surface area contributed by atoms with Crippen molar-refractivity contribution in [1.82, 2.24) is 14.9 Å². The summed E-state index contributed by atoms with van der Waals surface area (Å²) in [6.45, 7) is 8.56. The molecule has 1 aromatic heterocycles. The molecular formula is C16H23N3O. The van der Waals surface area contributed by atoms with Crippen LogP contribution in [0, 0.1) is 0 Å². The molecule has 0 saturated heterocycles. The van der Waals surface area contributed by atoms with Crippen LogP contribution in [0.5, 0.6) is 0 Å². The van der Waals surface area contributed by atoms with Gasteiger partial charge in [-0.1, -0.05) is 20.8 Å². The number of likely N-dealkylation sites (N-methyl/N-ethyl adjacent to an activating group) is 1. The first-order valence-electron chi connectivity index (χ1n) is 7.42. The topological polar surface area (TPSA) is 49.0 Å². The average molecular weight is 273 g/mol. The minimum Gasteiger partial charge on any atom is -0.342 e. The average Bonchev–Trinajstić information content (AvgIpc) is 2.86. The second-order valence-electron chi connectivity index (χ2n) is 5.05. The molecule has 4 nitrogen and oxygen atoms in total. The number of aryl methyl sites for hydroxylation is 1. The Morgan fingerprint density at radius 3 is 2.65 bits per heavy atom. The zero-order valence-electron chi connectivity index (χ0n) is 12.6. The van der Waals surface area contributed by atoms with Gasteiger partial charge in [-0.25, -0.2) is 4.98 Å². The van der Waals surface area contributed by atoms with Gasteiger partial charge < -0.3 is 4.98 Å². The van der Waals surface area contributed by atoms with Crippen molar-refractivity contribution in [3.05, 3.63) is 29.6 Å². The number of hydrogen-bond acceptors (Lipinski definition) is 3. The van der Waals surface area contributed by atoms with Crippen LogP contribution in [0.4, 0.5) is 0 Å². The number of carbonyl (C=O) groups excluding carboxylic acids is 1. The van der Waals surface area contributed by atoms with Crippen molar-refractivity contribution in [3.8, 4) is 0 Å². The standard InChI is InChI=1S/C16H23N3O/c1-4-7-16-17-13-9-8-12(10-14(13)18-16)15(20)11-19(5-2)6-3/h8-10H,4-7,11H2,1-3H3,(H,17,18). The number of nitrogens with zero attached hydrogens (tertiary/aromatic N) is 2. The summed E-state index contributed by atoms with van der Waals surface area (Å²) in [4.78, 5) is 22.2. The minimum atomic E-state index is 0.169. The van der Waals surface area contributed by atoms with Crippen LogP contribution >= 0.6 is 0 Å². The molecule has 0 saturated carbocycles. The lowest BCUT2D eigenvalue weighted by Gasteiger charge is -2.16. The normalized spacial score (nSPS) is 11.4. The second kappa shape index (κ2) is 6.66. The van der Waals surface area contributed by atoms with E-state index in [9.17, 15) is 4.79 Å². The van der Waals surface area contributed by atoms with E-state index in [2.05, 4.69) is 35.6 Å². The molecule has 2 aromatic rings. The van der Waals surface area contributed by atoms with Gasteiger partial charge in [0.2, 0.25) is 0 Å². The third kappa shape index (κ3) is 3.25. The molecule has 0 aliphatic rings. The Morgan fingerprint density at radius 2 is 2.00 bits per heavy atom. The fourth-order valence-electron chi connectivity index (χ4n) is 2.33. The van der Waals surface area contributed by atoms with Gasteiger partial charge in [-0.05, 0) is 37.7 Å². The quantitative estimate of drug-likeness (QED) is 0.789. The van der Waals surface area contributed by atoms with Gasteiger partial charge in [0.1, 0.15) is 5.82 Å². The van der Waals surface area contributed by atoms with Crippen LogP contribution in [0.3, 0.4) is 0 Å². The van der Waals surface area contributed by atoms with Crippen molar-refractivity contribution in [2.75, 3.05) is 19.6 Å². The molecule has 0 unspecified atom stereocenters. The maximum atomic E-state index is 12.3. The smallest absolute Gasteiger partial charge is 0.176 e. The molecule has 1 N–H and O–H groups in total. The number of H-pyrrole nitrogens is 1. The Morgan fingerprint density at radius 1 is 1.25 bits per heavy atom. The summed E-state index contributed by atoms with van der Waals surface area (Å²) < 4.78 is 0. The number of hydrogen-bond donors (Lipinski definition) is 1. The van der Waals surface area contributed by atoms with Crippen molar-refractivity contribution >= 4 is 16.8 Å². The maximum Gasteiger partial charge on any atom is 0.176 e. The summed E-state index contributed by atoms with van der Waals surface area (Å²) in [6, 6.07) is 5.73. The number of rotatable bonds is 7. The van der Waals surface area contributed by atoms with Crippen LogP contribution in [0.15, 0.2) is 18.2 Å². The van der Waals surface area contributed by atoms with Crippen molar-refractivity contribution < 1.29 is 4.79 Å². The number of nitrogens with one attached hydrogen (secondary N) is 1. The molecule has 0 aliphatic heterocycles. The molecule has 0 atom stereocenters. The van der Waals surface area contributed by atoms with E-state index < -0.39 is 0 Å². The molecule has 1 aromatic carbocycles. The van der Waals surface area contributed by atoms with Crippen LogP contribution in [0.1, 0.15) is 43.4 Å². The molecule has 0 spiro atoms. The lowest BCUT2D eigenvalue weighted by Crippen LogP contribution is -2.29. The fourth-order valence-corrected chi connectivity index (χ4v) is 2.33. The second-order valence-corrected chi connectivity index (χ2v) is 5.05. The van der Waals surface area contributed by atoms with Crippen LogP contribution in [-0.2, 0) is 6.42 Å². The first-order chi connectivity index (χ1) is 9.67. The van der Waals surface area contributed by atoms with Gasteiger partial charge in [-0.3, -0.25) is 9.69 Å². The molecule has 0 fully saturated rings. The molecule has 4 heteroatoms. The molecule has 0 radical (unpaired) electrons. The number of ketones is 1. The van der Waals surface area contributed by atoms with E-state index >= 15 is 0 Å². The Balaban J connectivity index is 2.20. The fraction of sp³-hybridized carbons (Fsp3) is 0.500. The molecule has 1 heterocycles. The van der Waals surface area contributed by atoms with Gasteiger partial charge in [0.25, 0.3) is 0 Å². The molecule has 20 heavy (non-hydrogen) atoms. The highest BCUT2D eigenvalue weighted by atomic mass is 16.1. The monoisotopic (exact) mass is 273 g/mol. The number of aromatic nitrogens is 2. The van der Waals surface area contributed by atoms with Crippen molar-refractivity contribution in [2.45, 2.75) is 33.6 Å². The summed E-state index contributed by atoms with van der Waals surface area (Å²) in [5, 5.41) is 0.